The molecule has 0 unspecified atom stereocenters. The maximum atomic E-state index is 13.4. The molecule has 2 aromatic carbocycles. The van der Waals surface area contributed by atoms with Crippen LogP contribution < -0.4 is 16.0 Å². The maximum absolute atomic E-state index is 13.4. The van der Waals surface area contributed by atoms with Crippen LogP contribution in [0, 0.1) is 11.8 Å². The molecule has 14 heteroatoms. The van der Waals surface area contributed by atoms with Crippen molar-refractivity contribution in [3.63, 3.8) is 0 Å². The highest BCUT2D eigenvalue weighted by Crippen LogP contribution is 2.34. The molecule has 0 bridgehead atoms. The van der Waals surface area contributed by atoms with E-state index in [1.807, 2.05) is 0 Å². The zero-order chi connectivity index (χ0) is 29.8. The Morgan fingerprint density at radius 2 is 1.57 bits per heavy atom. The number of primary amides is 1. The summed E-state index contributed by atoms with van der Waals surface area (Å²) in [5, 5.41) is 2.56. The first kappa shape index (κ1) is 30.9. The van der Waals surface area contributed by atoms with Crippen molar-refractivity contribution in [2.75, 3.05) is 11.9 Å². The van der Waals surface area contributed by atoms with E-state index in [0.717, 1.165) is 4.90 Å². The van der Waals surface area contributed by atoms with E-state index in [4.69, 9.17) is 17.3 Å². The third-order valence-electron chi connectivity index (χ3n) is 6.39. The first-order valence-electron chi connectivity index (χ1n) is 12.0. The van der Waals surface area contributed by atoms with Crippen LogP contribution in [0.2, 0.25) is 5.02 Å². The molecule has 3 rings (SSSR count). The highest BCUT2D eigenvalue weighted by molar-refractivity contribution is 6.32. The molecule has 40 heavy (non-hydrogen) atoms. The molecule has 216 valence electrons. The standard InChI is InChI=1S/C26H25ClF6N4O3/c1-37-19-8-7-15(27)13-18(19)20(14-5-3-2-4-6-14)35-22(24(37)40)36-23(39)17(10-12-26(31,32)33)16(21(34)38)9-11-25(28,29)30/h2-8,13,16-17,22H,9-12H2,1H3,(H2,34,38)(H,36,39)/t16-,17+,22-/m1/s1. The quantitative estimate of drug-likeness (QED) is 0.402. The van der Waals surface area contributed by atoms with Gasteiger partial charge in [-0.2, -0.15) is 26.3 Å². The van der Waals surface area contributed by atoms with E-state index in [-0.39, 0.29) is 5.71 Å². The second-order valence-electron chi connectivity index (χ2n) is 9.24. The lowest BCUT2D eigenvalue weighted by Crippen LogP contribution is -2.50. The molecule has 0 radical (unpaired) electrons. The molecule has 3 N–H and O–H groups in total. The first-order chi connectivity index (χ1) is 18.6. The van der Waals surface area contributed by atoms with Gasteiger partial charge in [-0.25, -0.2) is 4.99 Å². The lowest BCUT2D eigenvalue weighted by atomic mass is 9.83. The Morgan fingerprint density at radius 1 is 1.00 bits per heavy atom. The Morgan fingerprint density at radius 3 is 2.12 bits per heavy atom. The molecule has 0 saturated heterocycles. The number of hydrogen-bond acceptors (Lipinski definition) is 4. The van der Waals surface area contributed by atoms with Gasteiger partial charge in [-0.15, -0.1) is 0 Å². The molecule has 1 aliphatic rings. The van der Waals surface area contributed by atoms with Crippen LogP contribution in [0.4, 0.5) is 32.0 Å². The molecule has 0 fully saturated rings. The molecule has 0 aromatic heterocycles. The van der Waals surface area contributed by atoms with Crippen molar-refractivity contribution in [3.05, 3.63) is 64.7 Å². The van der Waals surface area contributed by atoms with E-state index < -0.39 is 73.8 Å². The van der Waals surface area contributed by atoms with Gasteiger partial charge in [0.1, 0.15) is 0 Å². The zero-order valence-electron chi connectivity index (χ0n) is 21.0. The fourth-order valence-corrected chi connectivity index (χ4v) is 4.58. The summed E-state index contributed by atoms with van der Waals surface area (Å²) in [6, 6.07) is 13.1. The number of nitrogens with one attached hydrogen (secondary N) is 1. The van der Waals surface area contributed by atoms with E-state index in [0.29, 0.717) is 21.8 Å². The molecule has 7 nitrogen and oxygen atoms in total. The predicted octanol–water partition coefficient (Wildman–Crippen LogP) is 5.00. The summed E-state index contributed by atoms with van der Waals surface area (Å²) in [5.74, 6) is -7.21. The number of nitrogens with two attached hydrogens (primary N) is 1. The Labute approximate surface area is 230 Å². The van der Waals surface area contributed by atoms with Crippen molar-refractivity contribution in [2.24, 2.45) is 22.6 Å². The monoisotopic (exact) mass is 590 g/mol. The minimum Gasteiger partial charge on any atom is -0.369 e. The number of benzene rings is 2. The number of carbonyl (C=O) groups is 3. The predicted molar refractivity (Wildman–Crippen MR) is 136 cm³/mol. The van der Waals surface area contributed by atoms with Crippen molar-refractivity contribution in [1.82, 2.24) is 5.32 Å². The first-order valence-corrected chi connectivity index (χ1v) is 12.4. The number of rotatable bonds is 9. The number of halogens is 7. The average molecular weight is 591 g/mol. The summed E-state index contributed by atoms with van der Waals surface area (Å²) in [6.45, 7) is 0. The lowest BCUT2D eigenvalue weighted by Gasteiger charge is -2.27. The van der Waals surface area contributed by atoms with Gasteiger partial charge in [0, 0.05) is 47.9 Å². The van der Waals surface area contributed by atoms with Gasteiger partial charge in [0.15, 0.2) is 0 Å². The zero-order valence-corrected chi connectivity index (χ0v) is 21.8. The Hall–Kier alpha value is -3.61. The van der Waals surface area contributed by atoms with Crippen LogP contribution in [0.3, 0.4) is 0 Å². The lowest BCUT2D eigenvalue weighted by molar-refractivity contribution is -0.152. The van der Waals surface area contributed by atoms with E-state index in [1.54, 1.807) is 42.5 Å². The molecule has 3 atom stereocenters. The highest BCUT2D eigenvalue weighted by atomic mass is 35.5. The fourth-order valence-electron chi connectivity index (χ4n) is 4.40. The molecule has 0 spiro atoms. The second kappa shape index (κ2) is 12.3. The number of hydrogen-bond donors (Lipinski definition) is 2. The summed E-state index contributed by atoms with van der Waals surface area (Å²) < 4.78 is 77.8. The number of carbonyl (C=O) groups excluding carboxylic acids is 3. The van der Waals surface area contributed by atoms with Crippen molar-refractivity contribution < 1.29 is 40.7 Å². The number of aliphatic imine (C=N–C) groups is 1. The number of amides is 3. The van der Waals surface area contributed by atoms with E-state index in [9.17, 15) is 40.7 Å². The van der Waals surface area contributed by atoms with Gasteiger partial charge in [0.25, 0.3) is 5.91 Å². The van der Waals surface area contributed by atoms with Crippen molar-refractivity contribution >= 4 is 40.7 Å². The van der Waals surface area contributed by atoms with Crippen LogP contribution in [0.25, 0.3) is 0 Å². The summed E-state index contributed by atoms with van der Waals surface area (Å²) in [4.78, 5) is 44.3. The molecule has 1 heterocycles. The number of likely N-dealkylation sites (N-methyl/N-ethyl adjacent to an activating group) is 1. The van der Waals surface area contributed by atoms with Crippen LogP contribution in [-0.2, 0) is 14.4 Å². The van der Waals surface area contributed by atoms with Crippen LogP contribution in [0.15, 0.2) is 53.5 Å². The van der Waals surface area contributed by atoms with Gasteiger partial charge in [-0.3, -0.25) is 14.4 Å². The smallest absolute Gasteiger partial charge is 0.369 e. The minimum atomic E-state index is -4.78. The third-order valence-corrected chi connectivity index (χ3v) is 6.62. The Kier molecular flexibility index (Phi) is 9.49. The fraction of sp³-hybridized carbons (Fsp3) is 0.385. The van der Waals surface area contributed by atoms with Crippen LogP contribution in [-0.4, -0.2) is 49.0 Å². The molecule has 0 aliphatic carbocycles. The van der Waals surface area contributed by atoms with Gasteiger partial charge < -0.3 is 16.0 Å². The van der Waals surface area contributed by atoms with Crippen molar-refractivity contribution in [2.45, 2.75) is 44.2 Å². The number of alkyl halides is 6. The number of anilines is 1. The SMILES string of the molecule is CN1C(=O)[C@@H](NC(=O)[C@@H](CCC(F)(F)F)[C@@H](CCC(F)(F)F)C(N)=O)N=C(c2ccccc2)c2cc(Cl)ccc21. The normalized spacial score (nSPS) is 17.4. The molecule has 3 amide bonds. The molecule has 1 aliphatic heterocycles. The van der Waals surface area contributed by atoms with Crippen LogP contribution in [0.1, 0.15) is 36.8 Å². The van der Waals surface area contributed by atoms with Crippen LogP contribution >= 0.6 is 11.6 Å². The summed E-state index contributed by atoms with van der Waals surface area (Å²) in [6.07, 6.45) is -16.4. The molecule has 0 saturated carbocycles. The second-order valence-corrected chi connectivity index (χ2v) is 9.67. The summed E-state index contributed by atoms with van der Waals surface area (Å²) in [5.41, 5.74) is 6.75. The summed E-state index contributed by atoms with van der Waals surface area (Å²) >= 11 is 6.18. The number of nitrogens with zero attached hydrogens (tertiary/aromatic N) is 2. The van der Waals surface area contributed by atoms with Crippen molar-refractivity contribution in [1.29, 1.82) is 0 Å². The molecule has 2 aromatic rings. The highest BCUT2D eigenvalue weighted by Gasteiger charge is 2.41. The average Bonchev–Trinajstić information content (AvgIpc) is 2.95. The number of fused-ring (bicyclic) bond motifs is 1. The molecular weight excluding hydrogens is 566 g/mol. The topological polar surface area (TPSA) is 105 Å². The van der Waals surface area contributed by atoms with E-state index >= 15 is 0 Å². The van der Waals surface area contributed by atoms with E-state index in [1.165, 1.54) is 13.1 Å². The van der Waals surface area contributed by atoms with Gasteiger partial charge in [0.05, 0.1) is 11.4 Å². The molecular formula is C26H25ClF6N4O3. The summed E-state index contributed by atoms with van der Waals surface area (Å²) in [7, 11) is 1.38. The van der Waals surface area contributed by atoms with Crippen molar-refractivity contribution in [3.8, 4) is 0 Å². The van der Waals surface area contributed by atoms with E-state index in [2.05, 4.69) is 10.3 Å². The van der Waals surface area contributed by atoms with Gasteiger partial charge in [-0.1, -0.05) is 41.9 Å². The Balaban J connectivity index is 2.03. The maximum Gasteiger partial charge on any atom is 0.389 e. The minimum absolute atomic E-state index is 0.219. The number of benzodiazepines with no additional fused rings is 1. The van der Waals surface area contributed by atoms with Gasteiger partial charge in [0.2, 0.25) is 18.0 Å². The van der Waals surface area contributed by atoms with Crippen LogP contribution in [0.5, 0.6) is 0 Å². The van der Waals surface area contributed by atoms with Gasteiger partial charge in [-0.05, 0) is 31.0 Å². The largest absolute Gasteiger partial charge is 0.389 e. The third kappa shape index (κ3) is 7.96. The Bertz CT molecular complexity index is 1280. The van der Waals surface area contributed by atoms with Gasteiger partial charge >= 0.3 is 12.4 Å².